The van der Waals surface area contributed by atoms with Gasteiger partial charge in [0.2, 0.25) is 0 Å². The van der Waals surface area contributed by atoms with E-state index >= 15 is 0 Å². The van der Waals surface area contributed by atoms with Gasteiger partial charge in [-0.3, -0.25) is 0 Å². The average Bonchev–Trinajstić information content (AvgIpc) is 2.43. The molecule has 122 valence electrons. The number of rotatable bonds is 5. The van der Waals surface area contributed by atoms with Gasteiger partial charge >= 0.3 is 0 Å². The Morgan fingerprint density at radius 2 is 1.41 bits per heavy atom. The zero-order chi connectivity index (χ0) is 16.9. The predicted molar refractivity (Wildman–Crippen MR) is 90.2 cm³/mol. The van der Waals surface area contributed by atoms with Gasteiger partial charge in [0, 0.05) is 48.4 Å². The molecule has 0 atom stereocenters. The lowest BCUT2D eigenvalue weighted by Crippen LogP contribution is -2.29. The van der Waals surface area contributed by atoms with Gasteiger partial charge in [-0.2, -0.15) is 8.42 Å². The standard InChI is InChI=1S/C15H24N4O2S/c1-17(2)14(12-15(18(3)4)19(5)6)16-22(20,21)13-10-8-7-9-11-13/h7-12H,1-6H3/b16-14-. The molecule has 1 aromatic rings. The summed E-state index contributed by atoms with van der Waals surface area (Å²) >= 11 is 0. The third kappa shape index (κ3) is 4.77. The SMILES string of the molecule is CN(C)C(=C/C(=N/S(=O)(=O)c1ccccc1)N(C)C)N(C)C. The van der Waals surface area contributed by atoms with Gasteiger partial charge in [-0.15, -0.1) is 4.40 Å². The minimum absolute atomic E-state index is 0.180. The molecule has 0 fully saturated rings. The van der Waals surface area contributed by atoms with Crippen molar-refractivity contribution in [3.63, 3.8) is 0 Å². The van der Waals surface area contributed by atoms with Crippen LogP contribution in [-0.4, -0.2) is 71.2 Å². The van der Waals surface area contributed by atoms with E-state index in [-0.39, 0.29) is 4.90 Å². The highest BCUT2D eigenvalue weighted by molar-refractivity contribution is 7.90. The van der Waals surface area contributed by atoms with Gasteiger partial charge in [0.15, 0.2) is 0 Å². The lowest BCUT2D eigenvalue weighted by Gasteiger charge is -2.25. The monoisotopic (exact) mass is 324 g/mol. The summed E-state index contributed by atoms with van der Waals surface area (Å²) in [6, 6.07) is 8.20. The lowest BCUT2D eigenvalue weighted by atomic mass is 10.4. The molecule has 0 aromatic heterocycles. The van der Waals surface area contributed by atoms with Crippen LogP contribution in [0.2, 0.25) is 0 Å². The second kappa shape index (κ2) is 7.31. The Labute approximate surface area is 133 Å². The van der Waals surface area contributed by atoms with Crippen LogP contribution in [0.5, 0.6) is 0 Å². The molecule has 0 radical (unpaired) electrons. The van der Waals surface area contributed by atoms with Crippen molar-refractivity contribution in [3.05, 3.63) is 42.2 Å². The number of sulfonamides is 1. The van der Waals surface area contributed by atoms with Crippen molar-refractivity contribution in [1.82, 2.24) is 14.7 Å². The normalized spacial score (nSPS) is 11.8. The van der Waals surface area contributed by atoms with Crippen LogP contribution >= 0.6 is 0 Å². The van der Waals surface area contributed by atoms with E-state index in [2.05, 4.69) is 4.40 Å². The molecule has 0 aliphatic heterocycles. The number of benzene rings is 1. The molecule has 0 aliphatic rings. The van der Waals surface area contributed by atoms with Gasteiger partial charge in [-0.05, 0) is 12.1 Å². The van der Waals surface area contributed by atoms with E-state index in [0.29, 0.717) is 5.84 Å². The van der Waals surface area contributed by atoms with Crippen molar-refractivity contribution in [1.29, 1.82) is 0 Å². The van der Waals surface area contributed by atoms with E-state index in [4.69, 9.17) is 0 Å². The summed E-state index contributed by atoms with van der Waals surface area (Å²) in [6.07, 6.45) is 1.74. The van der Waals surface area contributed by atoms with Crippen molar-refractivity contribution in [2.45, 2.75) is 4.90 Å². The lowest BCUT2D eigenvalue weighted by molar-refractivity contribution is 0.343. The predicted octanol–water partition coefficient (Wildman–Crippen LogP) is 1.30. The fourth-order valence-corrected chi connectivity index (χ4v) is 2.85. The third-order valence-corrected chi connectivity index (χ3v) is 4.18. The molecule has 0 amide bonds. The molecule has 0 aliphatic carbocycles. The van der Waals surface area contributed by atoms with Crippen LogP contribution in [0.15, 0.2) is 51.5 Å². The highest BCUT2D eigenvalue weighted by atomic mass is 32.2. The Bertz CT molecular complexity index is 637. The van der Waals surface area contributed by atoms with Gasteiger partial charge in [-0.25, -0.2) is 0 Å². The third-order valence-electron chi connectivity index (χ3n) is 2.89. The summed E-state index contributed by atoms with van der Waals surface area (Å²) in [6.45, 7) is 0. The number of hydrogen-bond acceptors (Lipinski definition) is 4. The Hall–Kier alpha value is -2.02. The first-order valence-corrected chi connectivity index (χ1v) is 8.23. The van der Waals surface area contributed by atoms with Crippen LogP contribution in [0.4, 0.5) is 0 Å². The molecule has 0 bridgehead atoms. The molecule has 0 N–H and O–H groups in total. The van der Waals surface area contributed by atoms with Crippen LogP contribution in [0.1, 0.15) is 0 Å². The van der Waals surface area contributed by atoms with E-state index in [0.717, 1.165) is 5.82 Å². The number of amidine groups is 1. The summed E-state index contributed by atoms with van der Waals surface area (Å²) < 4.78 is 28.8. The molecule has 6 nitrogen and oxygen atoms in total. The zero-order valence-electron chi connectivity index (χ0n) is 14.0. The molecule has 0 spiro atoms. The van der Waals surface area contributed by atoms with Crippen molar-refractivity contribution in [3.8, 4) is 0 Å². The van der Waals surface area contributed by atoms with E-state index in [1.54, 1.807) is 43.3 Å². The van der Waals surface area contributed by atoms with Gasteiger partial charge in [0.05, 0.1) is 4.90 Å². The van der Waals surface area contributed by atoms with Crippen molar-refractivity contribution in [2.24, 2.45) is 4.40 Å². The quantitative estimate of drug-likeness (QED) is 0.604. The van der Waals surface area contributed by atoms with Crippen LogP contribution in [0.3, 0.4) is 0 Å². The van der Waals surface area contributed by atoms with Gasteiger partial charge in [-0.1, -0.05) is 18.2 Å². The molecule has 0 saturated carbocycles. The van der Waals surface area contributed by atoms with E-state index < -0.39 is 10.0 Å². The second-order valence-electron chi connectivity index (χ2n) is 5.42. The van der Waals surface area contributed by atoms with E-state index in [1.165, 1.54) is 12.1 Å². The number of likely N-dealkylation sites (N-methyl/N-ethyl adjacent to an activating group) is 1. The Balaban J connectivity index is 3.35. The molecule has 1 rings (SSSR count). The molecular formula is C15H24N4O2S. The zero-order valence-corrected chi connectivity index (χ0v) is 14.8. The first kappa shape index (κ1) is 18.0. The molecular weight excluding hydrogens is 300 g/mol. The van der Waals surface area contributed by atoms with Crippen molar-refractivity contribution in [2.75, 3.05) is 42.3 Å². The molecule has 0 unspecified atom stereocenters. The second-order valence-corrected chi connectivity index (χ2v) is 7.03. The first-order valence-electron chi connectivity index (χ1n) is 6.79. The highest BCUT2D eigenvalue weighted by Gasteiger charge is 2.15. The summed E-state index contributed by atoms with van der Waals surface area (Å²) in [4.78, 5) is 5.65. The highest BCUT2D eigenvalue weighted by Crippen LogP contribution is 2.13. The molecule has 1 aromatic carbocycles. The maximum Gasteiger partial charge on any atom is 0.284 e. The van der Waals surface area contributed by atoms with Crippen molar-refractivity contribution >= 4 is 15.9 Å². The minimum Gasteiger partial charge on any atom is -0.364 e. The number of nitrogens with zero attached hydrogens (tertiary/aromatic N) is 4. The largest absolute Gasteiger partial charge is 0.364 e. The smallest absolute Gasteiger partial charge is 0.284 e. The van der Waals surface area contributed by atoms with Crippen molar-refractivity contribution < 1.29 is 8.42 Å². The molecule has 7 heteroatoms. The topological polar surface area (TPSA) is 56.2 Å². The van der Waals surface area contributed by atoms with E-state index in [9.17, 15) is 8.42 Å². The Morgan fingerprint density at radius 3 is 1.82 bits per heavy atom. The van der Waals surface area contributed by atoms with Crippen LogP contribution in [-0.2, 0) is 10.0 Å². The fraction of sp³-hybridized carbons (Fsp3) is 0.400. The Kier molecular flexibility index (Phi) is 5.99. The summed E-state index contributed by atoms with van der Waals surface area (Å²) in [5.74, 6) is 1.21. The van der Waals surface area contributed by atoms with Gasteiger partial charge in [0.1, 0.15) is 11.7 Å². The van der Waals surface area contributed by atoms with Crippen LogP contribution in [0.25, 0.3) is 0 Å². The summed E-state index contributed by atoms with van der Waals surface area (Å²) in [5.41, 5.74) is 0. The fourth-order valence-electron chi connectivity index (χ4n) is 1.78. The molecule has 0 heterocycles. The van der Waals surface area contributed by atoms with Crippen LogP contribution < -0.4 is 0 Å². The van der Waals surface area contributed by atoms with Crippen LogP contribution in [0, 0.1) is 0 Å². The average molecular weight is 324 g/mol. The minimum atomic E-state index is -3.74. The van der Waals surface area contributed by atoms with E-state index in [1.807, 2.05) is 38.0 Å². The molecule has 22 heavy (non-hydrogen) atoms. The Morgan fingerprint density at radius 1 is 0.909 bits per heavy atom. The first-order chi connectivity index (χ1) is 10.1. The molecule has 0 saturated heterocycles. The summed E-state index contributed by atoms with van der Waals surface area (Å²) in [5, 5.41) is 0. The van der Waals surface area contributed by atoms with Gasteiger partial charge in [0.25, 0.3) is 10.0 Å². The number of hydrogen-bond donors (Lipinski definition) is 0. The maximum atomic E-state index is 12.4. The maximum absolute atomic E-state index is 12.4. The van der Waals surface area contributed by atoms with Gasteiger partial charge < -0.3 is 14.7 Å². The summed E-state index contributed by atoms with van der Waals surface area (Å²) in [7, 11) is 7.36.